The molecule has 5 rings (SSSR count). The average molecular weight is 591 g/mol. The van der Waals surface area contributed by atoms with Crippen molar-refractivity contribution in [1.29, 1.82) is 0 Å². The minimum Gasteiger partial charge on any atom is -0.497 e. The Labute approximate surface area is 250 Å². The van der Waals surface area contributed by atoms with Crippen LogP contribution < -0.4 is 10.1 Å². The number of nitrogens with one attached hydrogen (secondary N) is 1. The Morgan fingerprint density at radius 3 is 2.35 bits per heavy atom. The molecule has 2 amide bonds. The number of anilines is 1. The lowest BCUT2D eigenvalue weighted by Gasteiger charge is -2.59. The maximum Gasteiger partial charge on any atom is 0.321 e. The first-order valence-electron chi connectivity index (χ1n) is 14.2. The fourth-order valence-electron chi connectivity index (χ4n) is 5.90. The number of nitrogens with zero attached hydrogens (tertiary/aromatic N) is 3. The molecule has 2 saturated heterocycles. The number of rotatable bonds is 5. The Hall–Kier alpha value is -4.01. The Kier molecular flexibility index (Phi) is 9.28. The summed E-state index contributed by atoms with van der Waals surface area (Å²) in [5, 5.41) is 24.5. The Morgan fingerprint density at radius 1 is 0.977 bits per heavy atom. The zero-order valence-corrected chi connectivity index (χ0v) is 24.4. The van der Waals surface area contributed by atoms with Crippen LogP contribution >= 0.6 is 0 Å². The molecule has 10 heteroatoms. The van der Waals surface area contributed by atoms with Crippen LogP contribution in [-0.2, 0) is 0 Å². The normalized spacial score (nSPS) is 23.7. The van der Waals surface area contributed by atoms with Gasteiger partial charge in [0.05, 0.1) is 31.4 Å². The van der Waals surface area contributed by atoms with Crippen LogP contribution in [0.3, 0.4) is 0 Å². The van der Waals surface area contributed by atoms with Gasteiger partial charge in [-0.2, -0.15) is 0 Å². The summed E-state index contributed by atoms with van der Waals surface area (Å²) >= 11 is 0. The van der Waals surface area contributed by atoms with Crippen molar-refractivity contribution < 1.29 is 28.5 Å². The number of amides is 2. The summed E-state index contributed by atoms with van der Waals surface area (Å²) in [6.45, 7) is 1.34. The summed E-state index contributed by atoms with van der Waals surface area (Å²) in [4.78, 5) is 19.2. The molecule has 3 aromatic rings. The third kappa shape index (κ3) is 6.81. The lowest BCUT2D eigenvalue weighted by atomic mass is 9.73. The van der Waals surface area contributed by atoms with E-state index in [4.69, 9.17) is 4.74 Å². The molecule has 0 aliphatic carbocycles. The SMILES string of the molecule is COc1ccc(NC(=O)N2CC(O)C(O)CN3C(CN(C)C)C(c4ccc(C#Cc5cccc(F)c5F)cc4)C3C2)cc1. The number of fused-ring (bicyclic) bond motifs is 1. The van der Waals surface area contributed by atoms with E-state index in [1.165, 1.54) is 12.1 Å². The van der Waals surface area contributed by atoms with E-state index in [0.717, 1.165) is 11.6 Å². The van der Waals surface area contributed by atoms with Crippen LogP contribution in [0.15, 0.2) is 66.7 Å². The maximum atomic E-state index is 14.0. The minimum absolute atomic E-state index is 0.00645. The van der Waals surface area contributed by atoms with E-state index < -0.39 is 23.8 Å². The van der Waals surface area contributed by atoms with Crippen LogP contribution in [0, 0.1) is 23.5 Å². The number of benzene rings is 3. The van der Waals surface area contributed by atoms with E-state index in [9.17, 15) is 23.8 Å². The second kappa shape index (κ2) is 13.1. The van der Waals surface area contributed by atoms with Crippen LogP contribution in [0.25, 0.3) is 0 Å². The summed E-state index contributed by atoms with van der Waals surface area (Å²) in [6, 6.07) is 18.1. The number of hydrogen-bond donors (Lipinski definition) is 3. The highest BCUT2D eigenvalue weighted by Gasteiger charge is 2.51. The smallest absolute Gasteiger partial charge is 0.321 e. The lowest BCUT2D eigenvalue weighted by molar-refractivity contribution is -0.105. The van der Waals surface area contributed by atoms with Crippen molar-refractivity contribution >= 4 is 11.7 Å². The summed E-state index contributed by atoms with van der Waals surface area (Å²) in [6.07, 6.45) is -2.12. The number of aliphatic hydroxyl groups excluding tert-OH is 2. The molecule has 3 aromatic carbocycles. The van der Waals surface area contributed by atoms with Gasteiger partial charge in [-0.25, -0.2) is 13.6 Å². The quantitative estimate of drug-likeness (QED) is 0.396. The number of methoxy groups -OCH3 is 1. The first-order valence-corrected chi connectivity index (χ1v) is 14.2. The molecule has 0 radical (unpaired) electrons. The highest BCUT2D eigenvalue weighted by Crippen LogP contribution is 2.42. The van der Waals surface area contributed by atoms with Crippen LogP contribution in [0.1, 0.15) is 22.6 Å². The second-order valence-electron chi connectivity index (χ2n) is 11.3. The van der Waals surface area contributed by atoms with E-state index in [2.05, 4.69) is 27.0 Å². The van der Waals surface area contributed by atoms with Crippen molar-refractivity contribution in [3.8, 4) is 17.6 Å². The van der Waals surface area contributed by atoms with Gasteiger partial charge in [-0.15, -0.1) is 0 Å². The molecule has 2 aliphatic heterocycles. The van der Waals surface area contributed by atoms with Gasteiger partial charge in [0.15, 0.2) is 11.6 Å². The summed E-state index contributed by atoms with van der Waals surface area (Å²) in [7, 11) is 5.54. The van der Waals surface area contributed by atoms with Crippen LogP contribution in [0.4, 0.5) is 19.3 Å². The van der Waals surface area contributed by atoms with Crippen LogP contribution in [0.5, 0.6) is 5.75 Å². The van der Waals surface area contributed by atoms with E-state index in [1.807, 2.05) is 38.4 Å². The van der Waals surface area contributed by atoms with Gasteiger partial charge in [0.2, 0.25) is 0 Å². The number of aliphatic hydroxyl groups is 2. The molecule has 3 N–H and O–H groups in total. The predicted molar refractivity (Wildman–Crippen MR) is 160 cm³/mol. The number of β-amino-alcohol motifs (C(OH)–C–C–N with tert-alkyl or cyclic N) is 1. The Morgan fingerprint density at radius 2 is 1.67 bits per heavy atom. The fourth-order valence-corrected chi connectivity index (χ4v) is 5.90. The monoisotopic (exact) mass is 590 g/mol. The summed E-state index contributed by atoms with van der Waals surface area (Å²) in [5.41, 5.74) is 2.28. The average Bonchev–Trinajstić information content (AvgIpc) is 2.99. The Bertz CT molecular complexity index is 1490. The number of carbonyl (C=O) groups is 1. The van der Waals surface area contributed by atoms with Crippen molar-refractivity contribution in [2.45, 2.75) is 30.2 Å². The standard InChI is InChI=1S/C33H36F2N4O4/c1-37(2)17-27-31(22-10-7-21(8-11-22)9-12-23-5-4-6-26(34)32(23)35)28-18-38(19-29(40)30(41)20-39(27)28)33(42)36-24-13-15-25(43-3)16-14-24/h4-8,10-11,13-16,27-31,40-41H,17-20H2,1-3H3,(H,36,42). The summed E-state index contributed by atoms with van der Waals surface area (Å²) < 4.78 is 32.8. The van der Waals surface area contributed by atoms with Crippen molar-refractivity contribution in [1.82, 2.24) is 14.7 Å². The molecule has 0 saturated carbocycles. The van der Waals surface area contributed by atoms with Crippen molar-refractivity contribution in [3.05, 3.63) is 95.1 Å². The van der Waals surface area contributed by atoms with Gasteiger partial charge in [-0.3, -0.25) is 4.90 Å². The van der Waals surface area contributed by atoms with Gasteiger partial charge in [-0.05, 0) is 68.2 Å². The highest BCUT2D eigenvalue weighted by atomic mass is 19.2. The van der Waals surface area contributed by atoms with E-state index >= 15 is 0 Å². The lowest BCUT2D eigenvalue weighted by Crippen LogP contribution is -2.71. The molecule has 0 aromatic heterocycles. The molecule has 0 bridgehead atoms. The number of likely N-dealkylation sites (N-methyl/N-ethyl adjacent to an activating group) is 1. The van der Waals surface area contributed by atoms with E-state index in [0.29, 0.717) is 30.1 Å². The number of urea groups is 1. The predicted octanol–water partition coefficient (Wildman–Crippen LogP) is 3.34. The van der Waals surface area contributed by atoms with Crippen LogP contribution in [0.2, 0.25) is 0 Å². The molecule has 8 nitrogen and oxygen atoms in total. The van der Waals surface area contributed by atoms with Crippen molar-refractivity contribution in [2.75, 3.05) is 52.7 Å². The topological polar surface area (TPSA) is 88.5 Å². The molecule has 2 fully saturated rings. The van der Waals surface area contributed by atoms with Crippen molar-refractivity contribution in [3.63, 3.8) is 0 Å². The van der Waals surface area contributed by atoms with Gasteiger partial charge in [-0.1, -0.05) is 30.0 Å². The minimum atomic E-state index is -1.09. The molecule has 5 unspecified atom stereocenters. The molecular weight excluding hydrogens is 554 g/mol. The molecular formula is C33H36F2N4O4. The second-order valence-corrected chi connectivity index (χ2v) is 11.3. The fraction of sp³-hybridized carbons (Fsp3) is 0.364. The van der Waals surface area contributed by atoms with E-state index in [-0.39, 0.29) is 42.7 Å². The third-order valence-electron chi connectivity index (χ3n) is 8.11. The summed E-state index contributed by atoms with van der Waals surface area (Å²) in [5.74, 6) is 4.41. The third-order valence-corrected chi connectivity index (χ3v) is 8.11. The van der Waals surface area contributed by atoms with Gasteiger partial charge < -0.3 is 30.1 Å². The van der Waals surface area contributed by atoms with E-state index in [1.54, 1.807) is 36.3 Å². The zero-order valence-electron chi connectivity index (χ0n) is 24.4. The Balaban J connectivity index is 1.39. The number of ether oxygens (including phenoxy) is 1. The van der Waals surface area contributed by atoms with Gasteiger partial charge in [0.25, 0.3) is 0 Å². The van der Waals surface area contributed by atoms with Gasteiger partial charge >= 0.3 is 6.03 Å². The van der Waals surface area contributed by atoms with Gasteiger partial charge in [0, 0.05) is 48.9 Å². The molecule has 226 valence electrons. The number of carbonyl (C=O) groups excluding carboxylic acids is 1. The molecule has 5 atom stereocenters. The maximum absolute atomic E-state index is 14.0. The zero-order chi connectivity index (χ0) is 30.7. The number of halogens is 2. The first-order chi connectivity index (χ1) is 20.6. The van der Waals surface area contributed by atoms with Gasteiger partial charge in [0.1, 0.15) is 5.75 Å². The van der Waals surface area contributed by atoms with Crippen molar-refractivity contribution in [2.24, 2.45) is 0 Å². The first kappa shape index (κ1) is 30.4. The highest BCUT2D eigenvalue weighted by molar-refractivity contribution is 5.89. The molecule has 2 heterocycles. The van der Waals surface area contributed by atoms with Crippen LogP contribution in [-0.4, -0.2) is 103 Å². The molecule has 0 spiro atoms. The molecule has 2 aliphatic rings. The molecule has 43 heavy (non-hydrogen) atoms. The largest absolute Gasteiger partial charge is 0.497 e. The number of hydrogen-bond acceptors (Lipinski definition) is 6.